The van der Waals surface area contributed by atoms with Gasteiger partial charge in [-0.05, 0) is 24.8 Å². The molecule has 0 radical (unpaired) electrons. The van der Waals surface area contributed by atoms with Gasteiger partial charge in [-0.3, -0.25) is 10.1 Å². The fraction of sp³-hybridized carbons (Fsp3) is 0.500. The Hall–Kier alpha value is -1.72. The van der Waals surface area contributed by atoms with Crippen molar-refractivity contribution in [3.8, 4) is 0 Å². The summed E-state index contributed by atoms with van der Waals surface area (Å²) in [6.45, 7) is 3.11. The van der Waals surface area contributed by atoms with Gasteiger partial charge in [-0.15, -0.1) is 0 Å². The maximum Gasteiger partial charge on any atom is 0.295 e. The molecule has 1 heterocycles. The van der Waals surface area contributed by atoms with E-state index in [9.17, 15) is 18.9 Å². The minimum atomic E-state index is -1.13. The van der Waals surface area contributed by atoms with Gasteiger partial charge in [-0.1, -0.05) is 6.92 Å². The molecule has 2 rings (SSSR count). The monoisotopic (exact) mass is 256 g/mol. The van der Waals surface area contributed by atoms with E-state index >= 15 is 0 Å². The summed E-state index contributed by atoms with van der Waals surface area (Å²) in [6, 6.07) is 1.81. The normalized spacial score (nSPS) is 16.9. The Morgan fingerprint density at radius 2 is 1.94 bits per heavy atom. The molecule has 1 saturated heterocycles. The van der Waals surface area contributed by atoms with E-state index in [2.05, 4.69) is 6.92 Å². The van der Waals surface area contributed by atoms with Crippen molar-refractivity contribution in [1.82, 2.24) is 0 Å². The summed E-state index contributed by atoms with van der Waals surface area (Å²) in [4.78, 5) is 11.8. The van der Waals surface area contributed by atoms with Crippen LogP contribution in [0.3, 0.4) is 0 Å². The van der Waals surface area contributed by atoms with Crippen molar-refractivity contribution in [2.24, 2.45) is 5.92 Å². The van der Waals surface area contributed by atoms with E-state index in [-0.39, 0.29) is 11.4 Å². The number of piperidine rings is 1. The Balaban J connectivity index is 2.41. The summed E-state index contributed by atoms with van der Waals surface area (Å²) < 4.78 is 27.0. The third-order valence-corrected chi connectivity index (χ3v) is 3.34. The largest absolute Gasteiger partial charge is 0.363 e. The van der Waals surface area contributed by atoms with Crippen LogP contribution in [0, 0.1) is 27.7 Å². The number of nitro groups is 1. The number of rotatable bonds is 2. The Morgan fingerprint density at radius 1 is 1.33 bits per heavy atom. The second kappa shape index (κ2) is 4.88. The predicted octanol–water partition coefficient (Wildman–Crippen LogP) is 3.11. The Bertz CT molecular complexity index is 471. The number of nitro benzene ring substituents is 1. The highest BCUT2D eigenvalue weighted by Crippen LogP contribution is 2.34. The van der Waals surface area contributed by atoms with Crippen LogP contribution in [0.2, 0.25) is 0 Å². The maximum absolute atomic E-state index is 13.8. The van der Waals surface area contributed by atoms with E-state index in [0.717, 1.165) is 25.0 Å². The van der Waals surface area contributed by atoms with Gasteiger partial charge in [0.2, 0.25) is 0 Å². The molecule has 0 bridgehead atoms. The van der Waals surface area contributed by atoms with Gasteiger partial charge < -0.3 is 4.90 Å². The van der Waals surface area contributed by atoms with Gasteiger partial charge in [0.15, 0.2) is 17.3 Å². The van der Waals surface area contributed by atoms with Crippen molar-refractivity contribution in [1.29, 1.82) is 0 Å². The number of hydrogen-bond donors (Lipinski definition) is 0. The molecule has 98 valence electrons. The Labute approximate surface area is 103 Å². The van der Waals surface area contributed by atoms with Gasteiger partial charge in [0.25, 0.3) is 5.69 Å². The van der Waals surface area contributed by atoms with E-state index in [4.69, 9.17) is 0 Å². The predicted molar refractivity (Wildman–Crippen MR) is 63.6 cm³/mol. The SMILES string of the molecule is CC1CCN(c2c([N+](=O)[O-])ccc(F)c2F)CC1. The molecule has 1 fully saturated rings. The van der Waals surface area contributed by atoms with Crippen molar-refractivity contribution in [2.75, 3.05) is 18.0 Å². The molecule has 0 spiro atoms. The average Bonchev–Trinajstić information content (AvgIpc) is 2.33. The molecule has 6 heteroatoms. The third-order valence-electron chi connectivity index (χ3n) is 3.34. The van der Waals surface area contributed by atoms with Gasteiger partial charge >= 0.3 is 0 Å². The van der Waals surface area contributed by atoms with E-state index < -0.39 is 16.6 Å². The Morgan fingerprint density at radius 3 is 2.50 bits per heavy atom. The van der Waals surface area contributed by atoms with Crippen LogP contribution in [0.5, 0.6) is 0 Å². The summed E-state index contributed by atoms with van der Waals surface area (Å²) in [6.07, 6.45) is 1.65. The summed E-state index contributed by atoms with van der Waals surface area (Å²) in [5, 5.41) is 10.9. The zero-order valence-corrected chi connectivity index (χ0v) is 10.0. The van der Waals surface area contributed by atoms with Crippen molar-refractivity contribution >= 4 is 11.4 Å². The maximum atomic E-state index is 13.8. The first-order valence-electron chi connectivity index (χ1n) is 5.88. The number of anilines is 1. The fourth-order valence-corrected chi connectivity index (χ4v) is 2.21. The number of hydrogen-bond acceptors (Lipinski definition) is 3. The average molecular weight is 256 g/mol. The number of nitrogens with zero attached hydrogens (tertiary/aromatic N) is 2. The molecule has 0 amide bonds. The van der Waals surface area contributed by atoms with Crippen LogP contribution in [0.25, 0.3) is 0 Å². The zero-order chi connectivity index (χ0) is 13.3. The van der Waals surface area contributed by atoms with Crippen LogP contribution in [-0.2, 0) is 0 Å². The molecule has 0 aliphatic carbocycles. The lowest BCUT2D eigenvalue weighted by Crippen LogP contribution is -2.34. The lowest BCUT2D eigenvalue weighted by molar-refractivity contribution is -0.384. The first kappa shape index (κ1) is 12.7. The van der Waals surface area contributed by atoms with Crippen molar-refractivity contribution in [3.63, 3.8) is 0 Å². The molecule has 0 aromatic heterocycles. The quantitative estimate of drug-likeness (QED) is 0.603. The first-order valence-corrected chi connectivity index (χ1v) is 5.88. The van der Waals surface area contributed by atoms with Gasteiger partial charge in [0.1, 0.15) is 0 Å². The molecular formula is C12H14F2N2O2. The fourth-order valence-electron chi connectivity index (χ4n) is 2.21. The number of benzene rings is 1. The van der Waals surface area contributed by atoms with Crippen LogP contribution < -0.4 is 4.90 Å². The second-order valence-corrected chi connectivity index (χ2v) is 4.66. The molecular weight excluding hydrogens is 242 g/mol. The van der Waals surface area contributed by atoms with Gasteiger partial charge in [0.05, 0.1) is 4.92 Å². The van der Waals surface area contributed by atoms with Crippen LogP contribution in [0.4, 0.5) is 20.2 Å². The summed E-state index contributed by atoms with van der Waals surface area (Å²) in [5.74, 6) is -1.66. The molecule has 1 aliphatic rings. The van der Waals surface area contributed by atoms with E-state index in [0.29, 0.717) is 19.0 Å². The molecule has 0 saturated carbocycles. The smallest absolute Gasteiger partial charge is 0.295 e. The van der Waals surface area contributed by atoms with Gasteiger partial charge in [0, 0.05) is 19.2 Å². The van der Waals surface area contributed by atoms with Crippen LogP contribution in [0.1, 0.15) is 19.8 Å². The van der Waals surface area contributed by atoms with E-state index in [1.807, 2.05) is 0 Å². The van der Waals surface area contributed by atoms with Crippen LogP contribution in [-0.4, -0.2) is 18.0 Å². The lowest BCUT2D eigenvalue weighted by Gasteiger charge is -2.31. The van der Waals surface area contributed by atoms with E-state index in [1.54, 1.807) is 4.90 Å². The summed E-state index contributed by atoms with van der Waals surface area (Å²) in [7, 11) is 0. The lowest BCUT2D eigenvalue weighted by atomic mass is 9.98. The molecule has 1 aromatic rings. The first-order chi connectivity index (χ1) is 8.50. The molecule has 1 aliphatic heterocycles. The third kappa shape index (κ3) is 2.27. The molecule has 1 aromatic carbocycles. The van der Waals surface area contributed by atoms with Crippen LogP contribution >= 0.6 is 0 Å². The van der Waals surface area contributed by atoms with Crippen molar-refractivity contribution < 1.29 is 13.7 Å². The molecule has 0 atom stereocenters. The minimum Gasteiger partial charge on any atom is -0.363 e. The van der Waals surface area contributed by atoms with Crippen molar-refractivity contribution in [3.05, 3.63) is 33.9 Å². The summed E-state index contributed by atoms with van der Waals surface area (Å²) >= 11 is 0. The molecule has 4 nitrogen and oxygen atoms in total. The molecule has 0 N–H and O–H groups in total. The van der Waals surface area contributed by atoms with Gasteiger partial charge in [-0.25, -0.2) is 8.78 Å². The molecule has 0 unspecified atom stereocenters. The number of halogens is 2. The van der Waals surface area contributed by atoms with Crippen LogP contribution in [0.15, 0.2) is 12.1 Å². The minimum absolute atomic E-state index is 0.216. The second-order valence-electron chi connectivity index (χ2n) is 4.66. The summed E-state index contributed by atoms with van der Waals surface area (Å²) in [5.41, 5.74) is -0.588. The Kier molecular flexibility index (Phi) is 3.45. The van der Waals surface area contributed by atoms with Crippen molar-refractivity contribution in [2.45, 2.75) is 19.8 Å². The van der Waals surface area contributed by atoms with Gasteiger partial charge in [-0.2, -0.15) is 0 Å². The highest BCUT2D eigenvalue weighted by Gasteiger charge is 2.28. The van der Waals surface area contributed by atoms with E-state index in [1.165, 1.54) is 0 Å². The molecule has 18 heavy (non-hydrogen) atoms. The topological polar surface area (TPSA) is 46.4 Å². The zero-order valence-electron chi connectivity index (χ0n) is 10.0. The highest BCUT2D eigenvalue weighted by molar-refractivity contribution is 5.64. The highest BCUT2D eigenvalue weighted by atomic mass is 19.2. The standard InChI is InChI=1S/C12H14F2N2O2/c1-8-4-6-15(7-5-8)12-10(16(17)18)3-2-9(13)11(12)14/h2-3,8H,4-7H2,1H3.